The Bertz CT molecular complexity index is 1290. The molecule has 0 fully saturated rings. The topological polar surface area (TPSA) is 121 Å². The Morgan fingerprint density at radius 2 is 1.47 bits per heavy atom. The van der Waals surface area contributed by atoms with Crippen molar-refractivity contribution in [2.24, 2.45) is 0 Å². The number of benzene rings is 2. The number of hydrogen-bond donors (Lipinski definition) is 2. The standard InChI is InChI=1S/C23H25N5O4S2/c1-15-12-16(2)25-23(24-15)33-14-17-8-10-18(11-9-17)21(29)26-27-22(30)19-6-5-7-20(13-19)34(31,32)28(3)4/h5-13H,14H2,1-4H3,(H,26,29)(H,27,30). The maximum absolute atomic E-state index is 12.4. The third kappa shape index (κ3) is 6.40. The van der Waals surface area contributed by atoms with Gasteiger partial charge in [0, 0.05) is 42.4 Å². The lowest BCUT2D eigenvalue weighted by molar-refractivity contribution is 0.0846. The molecule has 2 N–H and O–H groups in total. The van der Waals surface area contributed by atoms with Gasteiger partial charge in [0.1, 0.15) is 0 Å². The lowest BCUT2D eigenvalue weighted by atomic mass is 10.1. The highest BCUT2D eigenvalue weighted by atomic mass is 32.2. The largest absolute Gasteiger partial charge is 0.269 e. The van der Waals surface area contributed by atoms with Crippen LogP contribution in [0.1, 0.15) is 37.7 Å². The van der Waals surface area contributed by atoms with Gasteiger partial charge in [-0.15, -0.1) is 0 Å². The molecule has 0 radical (unpaired) electrons. The van der Waals surface area contributed by atoms with E-state index in [9.17, 15) is 18.0 Å². The molecule has 2 aromatic carbocycles. The van der Waals surface area contributed by atoms with Crippen LogP contribution in [0.5, 0.6) is 0 Å². The lowest BCUT2D eigenvalue weighted by Crippen LogP contribution is -2.41. The number of carbonyl (C=O) groups is 2. The Morgan fingerprint density at radius 3 is 2.06 bits per heavy atom. The molecule has 1 heterocycles. The van der Waals surface area contributed by atoms with Crippen LogP contribution in [0.2, 0.25) is 0 Å². The molecule has 0 aliphatic rings. The minimum absolute atomic E-state index is 0.0174. The molecule has 0 spiro atoms. The van der Waals surface area contributed by atoms with Crippen LogP contribution in [0.4, 0.5) is 0 Å². The van der Waals surface area contributed by atoms with Crippen LogP contribution >= 0.6 is 11.8 Å². The first kappa shape index (κ1) is 25.3. The van der Waals surface area contributed by atoms with Crippen LogP contribution in [0.15, 0.2) is 64.6 Å². The normalized spacial score (nSPS) is 11.3. The fourth-order valence-electron chi connectivity index (χ4n) is 2.92. The van der Waals surface area contributed by atoms with Crippen molar-refractivity contribution in [1.29, 1.82) is 0 Å². The lowest BCUT2D eigenvalue weighted by Gasteiger charge is -2.12. The number of thioether (sulfide) groups is 1. The highest BCUT2D eigenvalue weighted by Gasteiger charge is 2.19. The van der Waals surface area contributed by atoms with Crippen molar-refractivity contribution in [3.05, 3.63) is 82.7 Å². The molecule has 3 aromatic rings. The second-order valence-electron chi connectivity index (χ2n) is 7.64. The predicted octanol–water partition coefficient (Wildman–Crippen LogP) is 2.71. The number of aryl methyl sites for hydroxylation is 2. The third-order valence-corrected chi connectivity index (χ3v) is 7.44. The zero-order chi connectivity index (χ0) is 24.9. The molecular formula is C23H25N5O4S2. The second kappa shape index (κ2) is 10.8. The predicted molar refractivity (Wildman–Crippen MR) is 130 cm³/mol. The number of nitrogens with one attached hydrogen (secondary N) is 2. The Balaban J connectivity index is 1.57. The zero-order valence-electron chi connectivity index (χ0n) is 19.2. The molecule has 9 nitrogen and oxygen atoms in total. The summed E-state index contributed by atoms with van der Waals surface area (Å²) >= 11 is 1.51. The van der Waals surface area contributed by atoms with E-state index in [0.717, 1.165) is 21.3 Å². The van der Waals surface area contributed by atoms with Gasteiger partial charge in [0.2, 0.25) is 10.0 Å². The number of aromatic nitrogens is 2. The number of hydrogen-bond acceptors (Lipinski definition) is 7. The van der Waals surface area contributed by atoms with Crippen molar-refractivity contribution in [3.8, 4) is 0 Å². The number of hydrazine groups is 1. The van der Waals surface area contributed by atoms with Gasteiger partial charge in [-0.2, -0.15) is 0 Å². The van der Waals surface area contributed by atoms with Gasteiger partial charge >= 0.3 is 0 Å². The van der Waals surface area contributed by atoms with Gasteiger partial charge in [-0.25, -0.2) is 22.7 Å². The van der Waals surface area contributed by atoms with Crippen molar-refractivity contribution in [2.75, 3.05) is 14.1 Å². The first-order chi connectivity index (χ1) is 16.1. The highest BCUT2D eigenvalue weighted by molar-refractivity contribution is 7.98. The van der Waals surface area contributed by atoms with Crippen LogP contribution < -0.4 is 10.9 Å². The fourth-order valence-corrected chi connectivity index (χ4v) is 4.78. The van der Waals surface area contributed by atoms with Crippen LogP contribution in [0.25, 0.3) is 0 Å². The molecule has 3 rings (SSSR count). The molecule has 0 aliphatic heterocycles. The van der Waals surface area contributed by atoms with E-state index in [1.165, 1.54) is 50.1 Å². The molecule has 0 atom stereocenters. The number of carbonyl (C=O) groups excluding carboxylic acids is 2. The van der Waals surface area contributed by atoms with Gasteiger partial charge in [-0.05, 0) is 55.8 Å². The van der Waals surface area contributed by atoms with Crippen molar-refractivity contribution in [3.63, 3.8) is 0 Å². The van der Waals surface area contributed by atoms with Gasteiger partial charge in [-0.3, -0.25) is 20.4 Å². The van der Waals surface area contributed by atoms with E-state index in [0.29, 0.717) is 16.5 Å². The first-order valence-electron chi connectivity index (χ1n) is 10.2. The van der Waals surface area contributed by atoms with E-state index in [4.69, 9.17) is 0 Å². The van der Waals surface area contributed by atoms with Gasteiger partial charge in [0.05, 0.1) is 4.90 Å². The van der Waals surface area contributed by atoms with Gasteiger partial charge < -0.3 is 0 Å². The van der Waals surface area contributed by atoms with Crippen LogP contribution in [0, 0.1) is 13.8 Å². The molecule has 178 valence electrons. The Kier molecular flexibility index (Phi) is 8.02. The van der Waals surface area contributed by atoms with E-state index in [2.05, 4.69) is 20.8 Å². The minimum atomic E-state index is -3.68. The minimum Gasteiger partial charge on any atom is -0.267 e. The summed E-state index contributed by atoms with van der Waals surface area (Å²) in [6, 6.07) is 14.4. The van der Waals surface area contributed by atoms with E-state index >= 15 is 0 Å². The van der Waals surface area contributed by atoms with Gasteiger partial charge in [-0.1, -0.05) is 30.0 Å². The highest BCUT2D eigenvalue weighted by Crippen LogP contribution is 2.20. The Hall–Kier alpha value is -3.28. The number of amides is 2. The average Bonchev–Trinajstić information content (AvgIpc) is 2.80. The quantitative estimate of drug-likeness (QED) is 0.291. The molecule has 11 heteroatoms. The van der Waals surface area contributed by atoms with Crippen LogP contribution in [-0.2, 0) is 15.8 Å². The molecule has 0 bridgehead atoms. The van der Waals surface area contributed by atoms with Crippen molar-refractivity contribution in [2.45, 2.75) is 29.7 Å². The van der Waals surface area contributed by atoms with Gasteiger partial charge in [0.25, 0.3) is 11.8 Å². The van der Waals surface area contributed by atoms with E-state index in [-0.39, 0.29) is 10.5 Å². The zero-order valence-corrected chi connectivity index (χ0v) is 20.8. The summed E-state index contributed by atoms with van der Waals surface area (Å²) < 4.78 is 25.6. The molecule has 1 aromatic heterocycles. The van der Waals surface area contributed by atoms with E-state index in [1.807, 2.05) is 32.0 Å². The summed E-state index contributed by atoms with van der Waals surface area (Å²) in [5, 5.41) is 0.699. The smallest absolute Gasteiger partial charge is 0.267 e. The average molecular weight is 500 g/mol. The molecule has 0 unspecified atom stereocenters. The van der Waals surface area contributed by atoms with Crippen molar-refractivity contribution >= 4 is 33.6 Å². The summed E-state index contributed by atoms with van der Waals surface area (Å²) in [6.45, 7) is 3.85. The molecule has 34 heavy (non-hydrogen) atoms. The number of nitrogens with zero attached hydrogens (tertiary/aromatic N) is 3. The van der Waals surface area contributed by atoms with E-state index in [1.54, 1.807) is 12.1 Å². The summed E-state index contributed by atoms with van der Waals surface area (Å²) in [7, 11) is -0.869. The number of rotatable bonds is 7. The Morgan fingerprint density at radius 1 is 0.882 bits per heavy atom. The van der Waals surface area contributed by atoms with Crippen molar-refractivity contribution in [1.82, 2.24) is 25.1 Å². The van der Waals surface area contributed by atoms with Gasteiger partial charge in [0.15, 0.2) is 5.16 Å². The maximum Gasteiger partial charge on any atom is 0.269 e. The Labute approximate surface area is 203 Å². The molecular weight excluding hydrogens is 474 g/mol. The second-order valence-corrected chi connectivity index (χ2v) is 10.7. The van der Waals surface area contributed by atoms with Crippen molar-refractivity contribution < 1.29 is 18.0 Å². The van der Waals surface area contributed by atoms with Crippen LogP contribution in [-0.4, -0.2) is 48.6 Å². The summed E-state index contributed by atoms with van der Waals surface area (Å²) in [4.78, 5) is 33.6. The van der Waals surface area contributed by atoms with E-state index < -0.39 is 21.8 Å². The summed E-state index contributed by atoms with van der Waals surface area (Å²) in [6.07, 6.45) is 0. The molecule has 0 aliphatic carbocycles. The maximum atomic E-state index is 12.4. The summed E-state index contributed by atoms with van der Waals surface area (Å²) in [5.41, 5.74) is 7.93. The third-order valence-electron chi connectivity index (χ3n) is 4.71. The fraction of sp³-hybridized carbons (Fsp3) is 0.217. The molecule has 0 saturated heterocycles. The SMILES string of the molecule is Cc1cc(C)nc(SCc2ccc(C(=O)NNC(=O)c3cccc(S(=O)(=O)N(C)C)c3)cc2)n1. The summed E-state index contributed by atoms with van der Waals surface area (Å²) in [5.74, 6) is -0.485. The monoisotopic (exact) mass is 499 g/mol. The van der Waals surface area contributed by atoms with Crippen LogP contribution in [0.3, 0.4) is 0 Å². The first-order valence-corrected chi connectivity index (χ1v) is 12.7. The molecule has 2 amide bonds. The molecule has 0 saturated carbocycles. The number of sulfonamides is 1.